The first-order valence-electron chi connectivity index (χ1n) is 7.11. The molecule has 3 N–H and O–H groups in total. The zero-order chi connectivity index (χ0) is 15.2. The van der Waals surface area contributed by atoms with Crippen molar-refractivity contribution in [3.8, 4) is 0 Å². The predicted molar refractivity (Wildman–Crippen MR) is 82.1 cm³/mol. The minimum atomic E-state index is -0.984. The summed E-state index contributed by atoms with van der Waals surface area (Å²) in [5.74, 6) is -0.307. The van der Waals surface area contributed by atoms with Gasteiger partial charge in [0.05, 0.1) is 0 Å². The molecule has 2 unspecified atom stereocenters. The number of hydrogen-bond donors (Lipinski definition) is 3. The van der Waals surface area contributed by atoms with Crippen LogP contribution < -0.4 is 10.6 Å². The van der Waals surface area contributed by atoms with E-state index >= 15 is 0 Å². The number of carbonyl (C=O) groups excluding carboxylic acids is 1. The second-order valence-electron chi connectivity index (χ2n) is 5.51. The van der Waals surface area contributed by atoms with Gasteiger partial charge >= 0.3 is 12.0 Å². The van der Waals surface area contributed by atoms with Crippen LogP contribution in [0.1, 0.15) is 31.7 Å². The van der Waals surface area contributed by atoms with Crippen molar-refractivity contribution in [2.45, 2.75) is 32.2 Å². The fourth-order valence-electron chi connectivity index (χ4n) is 2.54. The van der Waals surface area contributed by atoms with E-state index in [9.17, 15) is 9.59 Å². The van der Waals surface area contributed by atoms with Crippen molar-refractivity contribution >= 4 is 23.8 Å². The number of rotatable bonds is 4. The van der Waals surface area contributed by atoms with Crippen LogP contribution in [0.4, 0.5) is 10.5 Å². The van der Waals surface area contributed by atoms with E-state index in [2.05, 4.69) is 17.6 Å². The first-order valence-corrected chi connectivity index (χ1v) is 7.11. The zero-order valence-corrected chi connectivity index (χ0v) is 12.0. The number of benzene rings is 1. The summed E-state index contributed by atoms with van der Waals surface area (Å²) in [5.41, 5.74) is 1.46. The Bertz CT molecular complexity index is 537. The molecule has 1 saturated carbocycles. The summed E-state index contributed by atoms with van der Waals surface area (Å²) in [7, 11) is 0. The Morgan fingerprint density at radius 1 is 1.24 bits per heavy atom. The smallest absolute Gasteiger partial charge is 0.328 e. The van der Waals surface area contributed by atoms with Gasteiger partial charge in [0, 0.05) is 17.8 Å². The SMILES string of the molecule is CC1CCC(NC(=O)Nc2ccc(/C=C/C(=O)O)cc2)C1. The second-order valence-corrected chi connectivity index (χ2v) is 5.51. The zero-order valence-electron chi connectivity index (χ0n) is 12.0. The lowest BCUT2D eigenvalue weighted by atomic mass is 10.1. The van der Waals surface area contributed by atoms with Gasteiger partial charge in [0.25, 0.3) is 0 Å². The third kappa shape index (κ3) is 4.95. The van der Waals surface area contributed by atoms with E-state index in [4.69, 9.17) is 5.11 Å². The molecule has 2 rings (SSSR count). The van der Waals surface area contributed by atoms with Gasteiger partial charge in [-0.3, -0.25) is 0 Å². The number of carboxylic acid groups (broad SMARTS) is 1. The van der Waals surface area contributed by atoms with E-state index in [0.29, 0.717) is 11.6 Å². The van der Waals surface area contributed by atoms with Gasteiger partial charge in [0.15, 0.2) is 0 Å². The molecule has 1 aliphatic rings. The fourth-order valence-corrected chi connectivity index (χ4v) is 2.54. The van der Waals surface area contributed by atoms with Crippen LogP contribution in [0, 0.1) is 5.92 Å². The summed E-state index contributed by atoms with van der Waals surface area (Å²) in [6.45, 7) is 2.20. The lowest BCUT2D eigenvalue weighted by Crippen LogP contribution is -2.36. The molecule has 0 bridgehead atoms. The highest BCUT2D eigenvalue weighted by molar-refractivity contribution is 5.90. The lowest BCUT2D eigenvalue weighted by molar-refractivity contribution is -0.131. The van der Waals surface area contributed by atoms with Crippen molar-refractivity contribution in [3.05, 3.63) is 35.9 Å². The topological polar surface area (TPSA) is 78.4 Å². The Labute approximate surface area is 124 Å². The summed E-state index contributed by atoms with van der Waals surface area (Å²) < 4.78 is 0. The number of anilines is 1. The molecular formula is C16H20N2O3. The van der Waals surface area contributed by atoms with Crippen LogP contribution in [0.15, 0.2) is 30.3 Å². The monoisotopic (exact) mass is 288 g/mol. The summed E-state index contributed by atoms with van der Waals surface area (Å²) in [5, 5.41) is 14.3. The summed E-state index contributed by atoms with van der Waals surface area (Å²) in [6, 6.07) is 7.08. The Balaban J connectivity index is 1.85. The van der Waals surface area contributed by atoms with E-state index in [1.54, 1.807) is 24.3 Å². The molecule has 0 aromatic heterocycles. The Kier molecular flexibility index (Phi) is 4.98. The maximum Gasteiger partial charge on any atom is 0.328 e. The van der Waals surface area contributed by atoms with Crippen molar-refractivity contribution < 1.29 is 14.7 Å². The molecule has 21 heavy (non-hydrogen) atoms. The Morgan fingerprint density at radius 2 is 1.95 bits per heavy atom. The van der Waals surface area contributed by atoms with Gasteiger partial charge in [0.2, 0.25) is 0 Å². The molecule has 1 aromatic carbocycles. The first-order chi connectivity index (χ1) is 10.0. The molecule has 0 saturated heterocycles. The van der Waals surface area contributed by atoms with Crippen LogP contribution in [0.5, 0.6) is 0 Å². The molecule has 0 heterocycles. The van der Waals surface area contributed by atoms with Crippen molar-refractivity contribution in [3.63, 3.8) is 0 Å². The van der Waals surface area contributed by atoms with Crippen LogP contribution in [-0.4, -0.2) is 23.1 Å². The van der Waals surface area contributed by atoms with Crippen LogP contribution in [-0.2, 0) is 4.79 Å². The first kappa shape index (κ1) is 15.1. The Hall–Kier alpha value is -2.30. The van der Waals surface area contributed by atoms with Gasteiger partial charge in [-0.05, 0) is 49.0 Å². The molecular weight excluding hydrogens is 268 g/mol. The van der Waals surface area contributed by atoms with E-state index in [1.165, 1.54) is 6.08 Å². The lowest BCUT2D eigenvalue weighted by Gasteiger charge is -2.13. The van der Waals surface area contributed by atoms with Crippen LogP contribution in [0.2, 0.25) is 0 Å². The van der Waals surface area contributed by atoms with Crippen molar-refractivity contribution in [2.24, 2.45) is 5.92 Å². The van der Waals surface area contributed by atoms with Gasteiger partial charge in [-0.1, -0.05) is 19.1 Å². The van der Waals surface area contributed by atoms with Crippen LogP contribution in [0.3, 0.4) is 0 Å². The van der Waals surface area contributed by atoms with E-state index < -0.39 is 5.97 Å². The molecule has 0 aliphatic heterocycles. The minimum Gasteiger partial charge on any atom is -0.478 e. The summed E-state index contributed by atoms with van der Waals surface area (Å²) in [6.07, 6.45) is 5.82. The van der Waals surface area contributed by atoms with Crippen LogP contribution >= 0.6 is 0 Å². The largest absolute Gasteiger partial charge is 0.478 e. The normalized spacial score (nSPS) is 21.4. The molecule has 5 heteroatoms. The number of carbonyl (C=O) groups is 2. The Morgan fingerprint density at radius 3 is 2.52 bits per heavy atom. The van der Waals surface area contributed by atoms with Gasteiger partial charge in [-0.25, -0.2) is 9.59 Å². The number of amides is 2. The van der Waals surface area contributed by atoms with Crippen molar-refractivity contribution in [1.29, 1.82) is 0 Å². The van der Waals surface area contributed by atoms with E-state index in [-0.39, 0.29) is 12.1 Å². The third-order valence-electron chi connectivity index (χ3n) is 3.62. The number of hydrogen-bond acceptors (Lipinski definition) is 2. The summed E-state index contributed by atoms with van der Waals surface area (Å²) in [4.78, 5) is 22.3. The highest BCUT2D eigenvalue weighted by atomic mass is 16.4. The molecule has 0 spiro atoms. The van der Waals surface area contributed by atoms with Gasteiger partial charge in [0.1, 0.15) is 0 Å². The molecule has 5 nitrogen and oxygen atoms in total. The molecule has 2 atom stereocenters. The molecule has 112 valence electrons. The maximum atomic E-state index is 11.9. The van der Waals surface area contributed by atoms with Gasteiger partial charge in [-0.2, -0.15) is 0 Å². The minimum absolute atomic E-state index is 0.192. The number of nitrogens with one attached hydrogen (secondary N) is 2. The van der Waals surface area contributed by atoms with Gasteiger partial charge < -0.3 is 15.7 Å². The standard InChI is InChI=1S/C16H20N2O3/c1-11-2-6-14(10-11)18-16(21)17-13-7-3-12(4-8-13)5-9-15(19)20/h3-5,7-9,11,14H,2,6,10H2,1H3,(H,19,20)(H2,17,18,21)/b9-5+. The number of aliphatic carboxylic acids is 1. The second kappa shape index (κ2) is 6.92. The molecule has 1 fully saturated rings. The van der Waals surface area contributed by atoms with E-state index in [1.807, 2.05) is 0 Å². The molecule has 1 aliphatic carbocycles. The fraction of sp³-hybridized carbons (Fsp3) is 0.375. The number of carboxylic acids is 1. The molecule has 1 aromatic rings. The highest BCUT2D eigenvalue weighted by Gasteiger charge is 2.22. The highest BCUT2D eigenvalue weighted by Crippen LogP contribution is 2.24. The third-order valence-corrected chi connectivity index (χ3v) is 3.62. The average molecular weight is 288 g/mol. The van der Waals surface area contributed by atoms with Crippen molar-refractivity contribution in [2.75, 3.05) is 5.32 Å². The molecule has 2 amide bonds. The predicted octanol–water partition coefficient (Wildman–Crippen LogP) is 3.09. The summed E-state index contributed by atoms with van der Waals surface area (Å²) >= 11 is 0. The van der Waals surface area contributed by atoms with Crippen molar-refractivity contribution in [1.82, 2.24) is 5.32 Å². The number of urea groups is 1. The quantitative estimate of drug-likeness (QED) is 0.745. The van der Waals surface area contributed by atoms with E-state index in [0.717, 1.165) is 30.9 Å². The maximum absolute atomic E-state index is 11.9. The van der Waals surface area contributed by atoms with Gasteiger partial charge in [-0.15, -0.1) is 0 Å². The average Bonchev–Trinajstić information content (AvgIpc) is 2.83. The van der Waals surface area contributed by atoms with Crippen LogP contribution in [0.25, 0.3) is 6.08 Å². The molecule has 0 radical (unpaired) electrons.